The summed E-state index contributed by atoms with van der Waals surface area (Å²) in [6.45, 7) is 18.0. The van der Waals surface area contributed by atoms with E-state index in [9.17, 15) is 0 Å². The Morgan fingerprint density at radius 3 is 2.45 bits per heavy atom. The van der Waals surface area contributed by atoms with Crippen LogP contribution < -0.4 is 5.73 Å². The molecular formula is C27H40N2. The summed E-state index contributed by atoms with van der Waals surface area (Å²) in [5.41, 5.74) is 13.7. The lowest BCUT2D eigenvalue weighted by atomic mass is 9.86. The van der Waals surface area contributed by atoms with Crippen molar-refractivity contribution in [2.45, 2.75) is 80.1 Å². The van der Waals surface area contributed by atoms with E-state index < -0.39 is 0 Å². The topological polar surface area (TPSA) is 38.4 Å². The van der Waals surface area contributed by atoms with Gasteiger partial charge in [-0.2, -0.15) is 0 Å². The number of nitrogens with zero attached hydrogens (tertiary/aromatic N) is 1. The molecule has 158 valence electrons. The predicted octanol–water partition coefficient (Wildman–Crippen LogP) is 7.98. The minimum absolute atomic E-state index is 0.276. The largest absolute Gasteiger partial charge is 0.397 e. The average Bonchev–Trinajstić information content (AvgIpc) is 2.59. The van der Waals surface area contributed by atoms with E-state index in [1.165, 1.54) is 23.1 Å². The first-order valence-electron chi connectivity index (χ1n) is 10.9. The van der Waals surface area contributed by atoms with Gasteiger partial charge in [-0.25, -0.2) is 0 Å². The summed E-state index contributed by atoms with van der Waals surface area (Å²) in [6.07, 6.45) is 12.7. The molecule has 1 aliphatic carbocycles. The lowest BCUT2D eigenvalue weighted by Gasteiger charge is -2.20. The summed E-state index contributed by atoms with van der Waals surface area (Å²) < 4.78 is 0. The van der Waals surface area contributed by atoms with Crippen LogP contribution >= 0.6 is 0 Å². The predicted molar refractivity (Wildman–Crippen MR) is 130 cm³/mol. The van der Waals surface area contributed by atoms with E-state index in [0.29, 0.717) is 5.41 Å². The number of hydrogen-bond acceptors (Lipinski definition) is 2. The highest BCUT2D eigenvalue weighted by Gasteiger charge is 2.15. The van der Waals surface area contributed by atoms with Crippen LogP contribution in [-0.2, 0) is 6.42 Å². The third-order valence-corrected chi connectivity index (χ3v) is 5.16. The molecule has 0 aliphatic heterocycles. The minimum Gasteiger partial charge on any atom is -0.397 e. The van der Waals surface area contributed by atoms with Crippen molar-refractivity contribution in [1.29, 1.82) is 0 Å². The van der Waals surface area contributed by atoms with Gasteiger partial charge in [0.25, 0.3) is 0 Å². The molecule has 0 bridgehead atoms. The van der Waals surface area contributed by atoms with E-state index in [2.05, 4.69) is 72.4 Å². The van der Waals surface area contributed by atoms with E-state index in [1.807, 2.05) is 12.1 Å². The van der Waals surface area contributed by atoms with Crippen LogP contribution in [0.2, 0.25) is 0 Å². The summed E-state index contributed by atoms with van der Waals surface area (Å²) in [7, 11) is 0. The fourth-order valence-corrected chi connectivity index (χ4v) is 3.67. The second kappa shape index (κ2) is 9.61. The summed E-state index contributed by atoms with van der Waals surface area (Å²) in [4.78, 5) is 5.00. The lowest BCUT2D eigenvalue weighted by molar-refractivity contribution is 0.377. The van der Waals surface area contributed by atoms with Crippen molar-refractivity contribution in [2.75, 3.05) is 5.73 Å². The normalized spacial score (nSPS) is 16.2. The summed E-state index contributed by atoms with van der Waals surface area (Å²) in [6, 6.07) is 6.14. The third kappa shape index (κ3) is 8.43. The molecule has 29 heavy (non-hydrogen) atoms. The Hall–Kier alpha value is -2.09. The Balaban J connectivity index is 2.11. The first-order chi connectivity index (χ1) is 13.4. The number of hydrogen-bond donors (Lipinski definition) is 1. The molecule has 0 heterocycles. The number of aryl methyl sites for hydroxylation is 1. The lowest BCUT2D eigenvalue weighted by Crippen LogP contribution is -2.08. The van der Waals surface area contributed by atoms with Crippen molar-refractivity contribution in [3.63, 3.8) is 0 Å². The van der Waals surface area contributed by atoms with Crippen LogP contribution in [0, 0.1) is 10.8 Å². The minimum atomic E-state index is 0.276. The maximum absolute atomic E-state index is 6.33. The van der Waals surface area contributed by atoms with Crippen LogP contribution in [0.3, 0.4) is 0 Å². The van der Waals surface area contributed by atoms with Crippen molar-refractivity contribution < 1.29 is 0 Å². The molecule has 2 rings (SSSR count). The Bertz CT molecular complexity index is 808. The number of rotatable bonds is 7. The second-order valence-electron chi connectivity index (χ2n) is 10.9. The Morgan fingerprint density at radius 2 is 1.79 bits per heavy atom. The van der Waals surface area contributed by atoms with Gasteiger partial charge in [0.15, 0.2) is 0 Å². The quantitative estimate of drug-likeness (QED) is 0.370. The Morgan fingerprint density at radius 1 is 1.07 bits per heavy atom. The van der Waals surface area contributed by atoms with Gasteiger partial charge in [-0.05, 0) is 60.6 Å². The van der Waals surface area contributed by atoms with Gasteiger partial charge in [0.05, 0.1) is 11.4 Å². The molecule has 0 aromatic heterocycles. The first kappa shape index (κ1) is 23.2. The van der Waals surface area contributed by atoms with E-state index in [-0.39, 0.29) is 5.41 Å². The number of anilines is 1. The zero-order valence-corrected chi connectivity index (χ0v) is 19.4. The standard InChI is InChI=1S/C27H40N2/c1-20(19-27(5,6)7)14-15-22-11-9-13-24(28)25(22)29-23-12-8-10-21(18-23)16-17-26(2,3)4/h8-13H,1,14-19,28H2,2-7H3/b29-23-. The van der Waals surface area contributed by atoms with E-state index in [0.717, 1.165) is 49.2 Å². The highest BCUT2D eigenvalue weighted by molar-refractivity contribution is 6.00. The smallest absolute Gasteiger partial charge is 0.0894 e. The molecule has 0 unspecified atom stereocenters. The second-order valence-corrected chi connectivity index (χ2v) is 10.9. The summed E-state index contributed by atoms with van der Waals surface area (Å²) in [5, 5.41) is 0. The first-order valence-corrected chi connectivity index (χ1v) is 10.9. The maximum Gasteiger partial charge on any atom is 0.0894 e. The van der Waals surface area contributed by atoms with Crippen molar-refractivity contribution in [1.82, 2.24) is 0 Å². The van der Waals surface area contributed by atoms with Crippen LogP contribution in [-0.4, -0.2) is 5.71 Å². The van der Waals surface area contributed by atoms with E-state index in [1.54, 1.807) is 0 Å². The number of benzene rings is 1. The molecule has 2 N–H and O–H groups in total. The molecule has 0 amide bonds. The Kier molecular flexibility index (Phi) is 7.68. The van der Waals surface area contributed by atoms with Crippen LogP contribution in [0.25, 0.3) is 0 Å². The SMILES string of the molecule is C=C(CCc1cccc(N)c1/N=C1/C=CC=C(CCC(C)(C)C)C1)CC(C)(C)C. The fourth-order valence-electron chi connectivity index (χ4n) is 3.67. The molecule has 2 nitrogen and oxygen atoms in total. The van der Waals surface area contributed by atoms with Crippen LogP contribution in [0.1, 0.15) is 79.2 Å². The number of nitrogens with two attached hydrogens (primary N) is 1. The van der Waals surface area contributed by atoms with Gasteiger partial charge in [0.1, 0.15) is 0 Å². The Labute approximate surface area is 178 Å². The molecule has 0 saturated heterocycles. The van der Waals surface area contributed by atoms with E-state index >= 15 is 0 Å². The van der Waals surface area contributed by atoms with Gasteiger partial charge in [0, 0.05) is 12.1 Å². The molecule has 0 atom stereocenters. The molecule has 1 aromatic rings. The summed E-state index contributed by atoms with van der Waals surface area (Å²) >= 11 is 0. The van der Waals surface area contributed by atoms with Gasteiger partial charge in [-0.15, -0.1) is 0 Å². The molecule has 0 radical (unpaired) electrons. The van der Waals surface area contributed by atoms with Crippen LogP contribution in [0.4, 0.5) is 11.4 Å². The molecule has 1 aliphatic rings. The van der Waals surface area contributed by atoms with Crippen molar-refractivity contribution in [3.8, 4) is 0 Å². The molecule has 0 saturated carbocycles. The van der Waals surface area contributed by atoms with Gasteiger partial charge >= 0.3 is 0 Å². The van der Waals surface area contributed by atoms with Gasteiger partial charge in [-0.1, -0.05) is 83.6 Å². The number of aliphatic imine (C=N–C) groups is 1. The molecule has 0 spiro atoms. The van der Waals surface area contributed by atoms with Crippen LogP contribution in [0.15, 0.2) is 59.1 Å². The van der Waals surface area contributed by atoms with Crippen molar-refractivity contribution in [3.05, 3.63) is 59.7 Å². The van der Waals surface area contributed by atoms with Gasteiger partial charge in [-0.3, -0.25) is 4.99 Å². The molecule has 2 heteroatoms. The molecular weight excluding hydrogens is 352 g/mol. The number of nitrogen functional groups attached to an aromatic ring is 1. The van der Waals surface area contributed by atoms with Gasteiger partial charge < -0.3 is 5.73 Å². The number of para-hydroxylation sites is 1. The van der Waals surface area contributed by atoms with Crippen LogP contribution in [0.5, 0.6) is 0 Å². The fraction of sp³-hybridized carbons (Fsp3) is 0.519. The van der Waals surface area contributed by atoms with Crippen molar-refractivity contribution in [2.24, 2.45) is 15.8 Å². The highest BCUT2D eigenvalue weighted by Crippen LogP contribution is 2.32. The zero-order chi connectivity index (χ0) is 21.7. The maximum atomic E-state index is 6.33. The number of allylic oxidation sites excluding steroid dienone is 5. The zero-order valence-electron chi connectivity index (χ0n) is 19.4. The third-order valence-electron chi connectivity index (χ3n) is 5.16. The molecule has 0 fully saturated rings. The van der Waals surface area contributed by atoms with E-state index in [4.69, 9.17) is 10.7 Å². The molecule has 1 aromatic carbocycles. The monoisotopic (exact) mass is 392 g/mol. The summed E-state index contributed by atoms with van der Waals surface area (Å²) in [5.74, 6) is 0. The average molecular weight is 393 g/mol. The highest BCUT2D eigenvalue weighted by atomic mass is 14.8. The van der Waals surface area contributed by atoms with Crippen molar-refractivity contribution >= 4 is 17.1 Å². The van der Waals surface area contributed by atoms with Gasteiger partial charge in [0.2, 0.25) is 0 Å².